The Labute approximate surface area is 172 Å². The number of carbonyl (C=O) groups is 1. The van der Waals surface area contributed by atoms with Crippen molar-refractivity contribution >= 4 is 5.97 Å². The lowest BCUT2D eigenvalue weighted by Gasteiger charge is -2.38. The van der Waals surface area contributed by atoms with Crippen molar-refractivity contribution in [3.63, 3.8) is 0 Å². The summed E-state index contributed by atoms with van der Waals surface area (Å²) in [6.07, 6.45) is 17.1. The molecule has 0 amide bonds. The fourth-order valence-electron chi connectivity index (χ4n) is 6.31. The third-order valence-electron chi connectivity index (χ3n) is 8.38. The highest BCUT2D eigenvalue weighted by atomic mass is 16.5. The van der Waals surface area contributed by atoms with Crippen LogP contribution in [0.5, 0.6) is 0 Å². The molecule has 0 aromatic heterocycles. The van der Waals surface area contributed by atoms with Gasteiger partial charge in [-0.1, -0.05) is 39.5 Å². The molecule has 0 spiro atoms. The highest BCUT2D eigenvalue weighted by molar-refractivity contribution is 5.72. The van der Waals surface area contributed by atoms with Gasteiger partial charge in [-0.2, -0.15) is 5.26 Å². The summed E-state index contributed by atoms with van der Waals surface area (Å²) in [6, 6.07) is 2.56. The van der Waals surface area contributed by atoms with Gasteiger partial charge in [0.15, 0.2) is 0 Å². The molecular formula is C25H41NO2. The molecule has 158 valence electrons. The van der Waals surface area contributed by atoms with E-state index >= 15 is 0 Å². The summed E-state index contributed by atoms with van der Waals surface area (Å²) in [5.74, 6) is 2.91. The number of esters is 1. The summed E-state index contributed by atoms with van der Waals surface area (Å²) < 4.78 is 5.91. The van der Waals surface area contributed by atoms with Crippen LogP contribution in [-0.2, 0) is 9.53 Å². The topological polar surface area (TPSA) is 50.1 Å². The van der Waals surface area contributed by atoms with E-state index in [0.29, 0.717) is 0 Å². The molecule has 0 N–H and O–H groups in total. The van der Waals surface area contributed by atoms with Crippen molar-refractivity contribution in [3.05, 3.63) is 0 Å². The number of nitrogens with zero attached hydrogens (tertiary/aromatic N) is 1. The Hall–Kier alpha value is -1.04. The molecule has 0 radical (unpaired) electrons. The summed E-state index contributed by atoms with van der Waals surface area (Å²) in [5, 5.41) is 9.55. The largest absolute Gasteiger partial charge is 0.462 e. The fourth-order valence-corrected chi connectivity index (χ4v) is 6.31. The van der Waals surface area contributed by atoms with Crippen LogP contribution in [0.2, 0.25) is 0 Å². The Morgan fingerprint density at radius 1 is 0.929 bits per heavy atom. The summed E-state index contributed by atoms with van der Waals surface area (Å²) in [4.78, 5) is 12.7. The van der Waals surface area contributed by atoms with E-state index in [1.165, 1.54) is 44.9 Å². The predicted octanol–water partition coefficient (Wildman–Crippen LogP) is 6.81. The van der Waals surface area contributed by atoms with Crippen LogP contribution >= 0.6 is 0 Å². The summed E-state index contributed by atoms with van der Waals surface area (Å²) >= 11 is 0. The van der Waals surface area contributed by atoms with E-state index in [0.717, 1.165) is 69.1 Å². The van der Waals surface area contributed by atoms with Crippen molar-refractivity contribution < 1.29 is 9.53 Å². The lowest BCUT2D eigenvalue weighted by molar-refractivity contribution is -0.158. The Morgan fingerprint density at radius 2 is 1.50 bits per heavy atom. The van der Waals surface area contributed by atoms with Gasteiger partial charge in [0.05, 0.1) is 17.4 Å². The Balaban J connectivity index is 1.38. The maximum absolute atomic E-state index is 12.7. The third-order valence-corrected chi connectivity index (χ3v) is 8.38. The van der Waals surface area contributed by atoms with Crippen LogP contribution in [0.25, 0.3) is 0 Å². The zero-order valence-electron chi connectivity index (χ0n) is 18.3. The zero-order chi connectivity index (χ0) is 20.0. The molecule has 0 aromatic rings. The van der Waals surface area contributed by atoms with Gasteiger partial charge in [-0.25, -0.2) is 0 Å². The van der Waals surface area contributed by atoms with E-state index in [-0.39, 0.29) is 23.4 Å². The number of rotatable bonds is 6. The molecule has 3 aliphatic carbocycles. The van der Waals surface area contributed by atoms with E-state index in [4.69, 9.17) is 4.74 Å². The normalized spacial score (nSPS) is 39.1. The van der Waals surface area contributed by atoms with Gasteiger partial charge in [0.2, 0.25) is 0 Å². The molecule has 0 atom stereocenters. The van der Waals surface area contributed by atoms with Crippen molar-refractivity contribution in [2.45, 2.75) is 116 Å². The molecule has 3 heteroatoms. The first-order valence-electron chi connectivity index (χ1n) is 12.2. The molecule has 0 unspecified atom stereocenters. The molecule has 3 saturated carbocycles. The van der Waals surface area contributed by atoms with Crippen LogP contribution in [0.1, 0.15) is 110 Å². The second kappa shape index (κ2) is 10.1. The first-order chi connectivity index (χ1) is 13.6. The third kappa shape index (κ3) is 5.31. The van der Waals surface area contributed by atoms with Crippen molar-refractivity contribution in [3.8, 4) is 6.07 Å². The highest BCUT2D eigenvalue weighted by Crippen LogP contribution is 2.43. The van der Waals surface area contributed by atoms with Crippen molar-refractivity contribution in [1.82, 2.24) is 0 Å². The van der Waals surface area contributed by atoms with Gasteiger partial charge in [-0.15, -0.1) is 0 Å². The maximum Gasteiger partial charge on any atom is 0.309 e. The molecule has 0 aliphatic heterocycles. The maximum atomic E-state index is 12.7. The lowest BCUT2D eigenvalue weighted by atomic mass is 9.69. The Morgan fingerprint density at radius 3 is 2.00 bits per heavy atom. The predicted molar refractivity (Wildman–Crippen MR) is 112 cm³/mol. The lowest BCUT2D eigenvalue weighted by Crippen LogP contribution is -2.34. The number of nitriles is 1. The Kier molecular flexibility index (Phi) is 7.84. The molecule has 0 bridgehead atoms. The minimum atomic E-state index is -0.160. The Bertz CT molecular complexity index is 527. The van der Waals surface area contributed by atoms with Gasteiger partial charge >= 0.3 is 5.97 Å². The van der Waals surface area contributed by atoms with E-state index in [2.05, 4.69) is 19.9 Å². The van der Waals surface area contributed by atoms with E-state index in [9.17, 15) is 10.1 Å². The van der Waals surface area contributed by atoms with Crippen molar-refractivity contribution in [2.24, 2.45) is 29.1 Å². The average molecular weight is 388 g/mol. The zero-order valence-corrected chi connectivity index (χ0v) is 18.3. The molecule has 3 rings (SSSR count). The number of hydrogen-bond acceptors (Lipinski definition) is 3. The number of hydrogen-bond donors (Lipinski definition) is 0. The summed E-state index contributed by atoms with van der Waals surface area (Å²) in [6.45, 7) is 4.48. The van der Waals surface area contributed by atoms with Crippen LogP contribution in [0.4, 0.5) is 0 Å². The molecule has 28 heavy (non-hydrogen) atoms. The van der Waals surface area contributed by atoms with E-state index in [1.54, 1.807) is 0 Å². The molecule has 3 aliphatic rings. The minimum absolute atomic E-state index is 0.0490. The molecule has 3 nitrogen and oxygen atoms in total. The monoisotopic (exact) mass is 387 g/mol. The van der Waals surface area contributed by atoms with Gasteiger partial charge in [0, 0.05) is 0 Å². The summed E-state index contributed by atoms with van der Waals surface area (Å²) in [7, 11) is 0. The quantitative estimate of drug-likeness (QED) is 0.471. The molecule has 0 aromatic carbocycles. The van der Waals surface area contributed by atoms with Gasteiger partial charge in [0.25, 0.3) is 0 Å². The van der Waals surface area contributed by atoms with Gasteiger partial charge in [0.1, 0.15) is 6.10 Å². The van der Waals surface area contributed by atoms with Gasteiger partial charge < -0.3 is 4.74 Å². The highest BCUT2D eigenvalue weighted by Gasteiger charge is 2.38. The fraction of sp³-hybridized carbons (Fsp3) is 0.920. The van der Waals surface area contributed by atoms with Crippen LogP contribution in [0.3, 0.4) is 0 Å². The second-order valence-electron chi connectivity index (χ2n) is 10.1. The van der Waals surface area contributed by atoms with Gasteiger partial charge in [-0.3, -0.25) is 4.79 Å². The summed E-state index contributed by atoms with van der Waals surface area (Å²) in [5.41, 5.74) is -0.160. The first-order valence-corrected chi connectivity index (χ1v) is 12.2. The molecule has 0 saturated heterocycles. The number of ether oxygens (including phenoxy) is 1. The van der Waals surface area contributed by atoms with Crippen molar-refractivity contribution in [2.75, 3.05) is 0 Å². The second-order valence-corrected chi connectivity index (χ2v) is 10.1. The van der Waals surface area contributed by atoms with Crippen LogP contribution in [-0.4, -0.2) is 12.1 Å². The van der Waals surface area contributed by atoms with Crippen molar-refractivity contribution in [1.29, 1.82) is 5.26 Å². The van der Waals surface area contributed by atoms with E-state index < -0.39 is 0 Å². The molecule has 0 heterocycles. The number of carbonyl (C=O) groups excluding carboxylic acids is 1. The standard InChI is InChI=1S/C25H41NO2/c1-3-15-25(18-26)16-13-23(14-17-25)28-24(27)22-11-9-21(10-12-22)20-7-5-19(4-2)6-8-20/h19-23H,3-17H2,1-2H3. The smallest absolute Gasteiger partial charge is 0.309 e. The van der Waals surface area contributed by atoms with Gasteiger partial charge in [-0.05, 0) is 88.4 Å². The van der Waals surface area contributed by atoms with Crippen LogP contribution < -0.4 is 0 Å². The van der Waals surface area contributed by atoms with Crippen LogP contribution in [0.15, 0.2) is 0 Å². The van der Waals surface area contributed by atoms with E-state index in [1.807, 2.05) is 0 Å². The average Bonchev–Trinajstić information content (AvgIpc) is 2.75. The van der Waals surface area contributed by atoms with Crippen LogP contribution in [0, 0.1) is 40.4 Å². The first kappa shape index (κ1) is 21.7. The minimum Gasteiger partial charge on any atom is -0.462 e. The molecular weight excluding hydrogens is 346 g/mol. The molecule has 3 fully saturated rings. The SMILES string of the molecule is CCCC1(C#N)CCC(OC(=O)C2CCC(C3CCC(CC)CC3)CC2)CC1.